The number of hydrogen-bond donors (Lipinski definition) is 0. The van der Waals surface area contributed by atoms with E-state index in [1.165, 1.54) is 7.11 Å². The zero-order valence-electron chi connectivity index (χ0n) is 29.0. The van der Waals surface area contributed by atoms with Crippen LogP contribution in [0, 0.1) is 22.7 Å². The molecular formula is C33H57O12P. The van der Waals surface area contributed by atoms with E-state index in [4.69, 9.17) is 52.7 Å². The lowest BCUT2D eigenvalue weighted by molar-refractivity contribution is -0.663. The third-order valence-corrected chi connectivity index (χ3v) is 13.1. The molecule has 0 bridgehead atoms. The average Bonchev–Trinajstić information content (AvgIpc) is 3.03. The van der Waals surface area contributed by atoms with Crippen LogP contribution in [0.3, 0.4) is 0 Å². The summed E-state index contributed by atoms with van der Waals surface area (Å²) in [6.07, 6.45) is 10.1. The molecule has 6 aliphatic rings. The van der Waals surface area contributed by atoms with E-state index in [2.05, 4.69) is 41.5 Å². The topological polar surface area (TPSA) is 119 Å². The van der Waals surface area contributed by atoms with Crippen molar-refractivity contribution in [1.82, 2.24) is 0 Å². The highest BCUT2D eigenvalue weighted by Crippen LogP contribution is 2.56. The first-order valence-corrected chi connectivity index (χ1v) is 19.0. The van der Waals surface area contributed by atoms with Crippen molar-refractivity contribution in [3.05, 3.63) is 0 Å². The van der Waals surface area contributed by atoms with E-state index in [-0.39, 0.29) is 23.0 Å². The molecule has 0 atom stereocenters. The van der Waals surface area contributed by atoms with Crippen molar-refractivity contribution >= 4 is 7.82 Å². The normalized spacial score (nSPS) is 44.1. The summed E-state index contributed by atoms with van der Waals surface area (Å²) in [4.78, 5) is 47.1. The number of hydrogen-bond acceptors (Lipinski definition) is 12. The Labute approximate surface area is 274 Å². The van der Waals surface area contributed by atoms with Gasteiger partial charge in [-0.1, -0.05) is 41.5 Å². The van der Waals surface area contributed by atoms with Gasteiger partial charge in [0.25, 0.3) is 0 Å². The Morgan fingerprint density at radius 1 is 0.478 bits per heavy atom. The quantitative estimate of drug-likeness (QED) is 0.205. The Balaban J connectivity index is 0.918. The lowest BCUT2D eigenvalue weighted by atomic mass is 9.71. The van der Waals surface area contributed by atoms with Crippen LogP contribution in [0.5, 0.6) is 0 Å². The molecule has 0 unspecified atom stereocenters. The van der Waals surface area contributed by atoms with Gasteiger partial charge >= 0.3 is 7.82 Å². The second-order valence-corrected chi connectivity index (χ2v) is 18.5. The van der Waals surface area contributed by atoms with Gasteiger partial charge in [-0.15, -0.1) is 0 Å². The Morgan fingerprint density at radius 3 is 0.935 bits per heavy atom. The number of rotatable bonds is 5. The molecule has 6 rings (SSSR count). The van der Waals surface area contributed by atoms with Gasteiger partial charge in [0.1, 0.15) is 0 Å². The van der Waals surface area contributed by atoms with Gasteiger partial charge in [-0.2, -0.15) is 39.1 Å². The zero-order chi connectivity index (χ0) is 32.9. The molecule has 2 heterocycles. The largest absolute Gasteiger partial charge is 0.475 e. The highest BCUT2D eigenvalue weighted by Gasteiger charge is 2.55. The molecule has 2 aliphatic heterocycles. The first-order valence-electron chi connectivity index (χ1n) is 17.6. The molecule has 4 spiro atoms. The Hall–Kier alpha value is -0.210. The van der Waals surface area contributed by atoms with Crippen molar-refractivity contribution in [2.24, 2.45) is 22.7 Å². The Morgan fingerprint density at radius 2 is 0.717 bits per heavy atom. The van der Waals surface area contributed by atoms with E-state index < -0.39 is 31.0 Å². The van der Waals surface area contributed by atoms with Crippen LogP contribution >= 0.6 is 7.82 Å². The maximum atomic E-state index is 13.6. The second kappa shape index (κ2) is 13.2. The predicted molar refractivity (Wildman–Crippen MR) is 164 cm³/mol. The van der Waals surface area contributed by atoms with Crippen molar-refractivity contribution in [2.75, 3.05) is 7.11 Å². The van der Waals surface area contributed by atoms with Crippen LogP contribution < -0.4 is 0 Å². The molecule has 2 saturated heterocycles. The van der Waals surface area contributed by atoms with E-state index in [1.54, 1.807) is 0 Å². The van der Waals surface area contributed by atoms with Crippen LogP contribution in [-0.2, 0) is 57.2 Å². The molecule has 0 aromatic carbocycles. The lowest BCUT2D eigenvalue weighted by Crippen LogP contribution is -2.54. The van der Waals surface area contributed by atoms with E-state index in [9.17, 15) is 4.57 Å². The summed E-state index contributed by atoms with van der Waals surface area (Å²) in [5, 5.41) is 0. The summed E-state index contributed by atoms with van der Waals surface area (Å²) in [6, 6.07) is 0. The Kier molecular flexibility index (Phi) is 10.2. The fraction of sp³-hybridized carbons (Fsp3) is 1.00. The predicted octanol–water partition coefficient (Wildman–Crippen LogP) is 8.74. The van der Waals surface area contributed by atoms with Crippen molar-refractivity contribution in [3.8, 4) is 0 Å². The molecule has 4 aliphatic carbocycles. The first-order chi connectivity index (χ1) is 21.6. The van der Waals surface area contributed by atoms with Crippen LogP contribution in [0.25, 0.3) is 0 Å². The molecule has 0 radical (unpaired) electrons. The molecule has 0 aromatic rings. The summed E-state index contributed by atoms with van der Waals surface area (Å²) in [7, 11) is -2.47. The second-order valence-electron chi connectivity index (χ2n) is 16.8. The van der Waals surface area contributed by atoms with Crippen molar-refractivity contribution in [2.45, 2.75) is 180 Å². The maximum absolute atomic E-state index is 13.6. The molecular weight excluding hydrogens is 619 g/mol. The standard InChI is InChI=1S/C33H57O12P/c1-28(2,3)24-8-16-30(17-9-24)38-42-32(43-39-30)20-12-26(13-21-32)36-46(34,35-7)37-27-14-22-33(23-15-27)44-40-31(41-45-33)18-10-25(11-19-31)29(4,5)6/h24-27H,8-23H2,1-7H3. The van der Waals surface area contributed by atoms with Gasteiger partial charge < -0.3 is 0 Å². The minimum Gasteiger partial charge on any atom is -0.290 e. The lowest BCUT2D eigenvalue weighted by Gasteiger charge is -2.48. The molecule has 266 valence electrons. The van der Waals surface area contributed by atoms with Crippen LogP contribution in [0.4, 0.5) is 0 Å². The minimum atomic E-state index is -3.82. The van der Waals surface area contributed by atoms with Gasteiger partial charge in [-0.05, 0) is 74.0 Å². The van der Waals surface area contributed by atoms with Gasteiger partial charge in [0, 0.05) is 58.5 Å². The molecule has 46 heavy (non-hydrogen) atoms. The SMILES string of the molecule is COP(=O)(OC1CCC2(CC1)OOC1(CCC(C(C)(C)C)CC1)OO2)OC1CCC2(CC1)OOC1(CCC(C(C)(C)C)CC1)OO2. The van der Waals surface area contributed by atoms with Crippen molar-refractivity contribution in [3.63, 3.8) is 0 Å². The van der Waals surface area contributed by atoms with Crippen molar-refractivity contribution < 1.29 is 57.2 Å². The minimum absolute atomic E-state index is 0.249. The number of phosphoric acid groups is 1. The van der Waals surface area contributed by atoms with Crippen LogP contribution in [-0.4, -0.2) is 42.5 Å². The highest BCUT2D eigenvalue weighted by molar-refractivity contribution is 7.48. The summed E-state index contributed by atoms with van der Waals surface area (Å²) in [5.74, 6) is -2.49. The van der Waals surface area contributed by atoms with E-state index in [0.717, 1.165) is 51.4 Å². The molecule has 0 amide bonds. The molecule has 0 N–H and O–H groups in total. The van der Waals surface area contributed by atoms with Gasteiger partial charge in [-0.3, -0.25) is 13.6 Å². The Bertz CT molecular complexity index is 965. The summed E-state index contributed by atoms with van der Waals surface area (Å²) >= 11 is 0. The van der Waals surface area contributed by atoms with Gasteiger partial charge in [0.2, 0.25) is 23.1 Å². The fourth-order valence-electron chi connectivity index (χ4n) is 7.93. The highest BCUT2D eigenvalue weighted by atomic mass is 31.2. The molecule has 6 fully saturated rings. The average molecular weight is 677 g/mol. The van der Waals surface area contributed by atoms with Gasteiger partial charge in [0.15, 0.2) is 0 Å². The third-order valence-electron chi connectivity index (χ3n) is 11.5. The summed E-state index contributed by atoms with van der Waals surface area (Å²) in [6.45, 7) is 13.6. The van der Waals surface area contributed by atoms with E-state index >= 15 is 0 Å². The molecule has 13 heteroatoms. The summed E-state index contributed by atoms with van der Waals surface area (Å²) < 4.78 is 30.8. The summed E-state index contributed by atoms with van der Waals surface area (Å²) in [5.41, 5.74) is 0.499. The fourth-order valence-corrected chi connectivity index (χ4v) is 9.30. The zero-order valence-corrected chi connectivity index (χ0v) is 29.9. The number of phosphoric ester groups is 1. The smallest absolute Gasteiger partial charge is 0.290 e. The molecule has 12 nitrogen and oxygen atoms in total. The first kappa shape index (κ1) is 35.6. The van der Waals surface area contributed by atoms with Crippen LogP contribution in [0.1, 0.15) is 144 Å². The molecule has 0 aromatic heterocycles. The van der Waals surface area contributed by atoms with Crippen LogP contribution in [0.2, 0.25) is 0 Å². The van der Waals surface area contributed by atoms with Crippen LogP contribution in [0.15, 0.2) is 0 Å². The maximum Gasteiger partial charge on any atom is 0.475 e. The molecule has 4 saturated carbocycles. The van der Waals surface area contributed by atoms with Crippen molar-refractivity contribution in [1.29, 1.82) is 0 Å². The monoisotopic (exact) mass is 676 g/mol. The van der Waals surface area contributed by atoms with Gasteiger partial charge in [0.05, 0.1) is 12.2 Å². The third kappa shape index (κ3) is 7.89. The van der Waals surface area contributed by atoms with E-state index in [0.29, 0.717) is 63.2 Å². The van der Waals surface area contributed by atoms with E-state index in [1.807, 2.05) is 0 Å². The van der Waals surface area contributed by atoms with Gasteiger partial charge in [-0.25, -0.2) is 4.57 Å².